The Balaban J connectivity index is 1.77. The van der Waals surface area contributed by atoms with E-state index in [1.54, 1.807) is 0 Å². The molecule has 1 saturated carbocycles. The standard InChI is InChI=1S/C17H24O/c1-16(2)8-9-17(18,12-16)11-13-6-7-14-4-3-5-15(14)10-13/h6-7,10,18H,3-5,8-9,11-12H2,1-2H3. The van der Waals surface area contributed by atoms with Crippen LogP contribution >= 0.6 is 0 Å². The summed E-state index contributed by atoms with van der Waals surface area (Å²) in [6.07, 6.45) is 7.66. The highest BCUT2D eigenvalue weighted by Crippen LogP contribution is 2.45. The number of aliphatic hydroxyl groups is 1. The lowest BCUT2D eigenvalue weighted by atomic mass is 9.86. The normalized spacial score (nSPS) is 29.5. The molecule has 1 N–H and O–H groups in total. The minimum absolute atomic E-state index is 0.311. The molecule has 2 aliphatic carbocycles. The van der Waals surface area contributed by atoms with Gasteiger partial charge in [0, 0.05) is 6.42 Å². The fraction of sp³-hybridized carbons (Fsp3) is 0.647. The summed E-state index contributed by atoms with van der Waals surface area (Å²) in [6.45, 7) is 4.54. The van der Waals surface area contributed by atoms with Crippen molar-refractivity contribution in [2.75, 3.05) is 0 Å². The SMILES string of the molecule is CC1(C)CCC(O)(Cc2ccc3c(c2)CCC3)C1. The van der Waals surface area contributed by atoms with Gasteiger partial charge in [0.1, 0.15) is 0 Å². The molecule has 2 aliphatic rings. The van der Waals surface area contributed by atoms with Gasteiger partial charge in [-0.05, 0) is 60.6 Å². The quantitative estimate of drug-likeness (QED) is 0.841. The lowest BCUT2D eigenvalue weighted by Gasteiger charge is -2.25. The molecule has 98 valence electrons. The molecular formula is C17H24O. The molecule has 1 heteroatoms. The van der Waals surface area contributed by atoms with Crippen LogP contribution in [0.3, 0.4) is 0 Å². The maximum atomic E-state index is 10.7. The van der Waals surface area contributed by atoms with Gasteiger partial charge in [-0.25, -0.2) is 0 Å². The van der Waals surface area contributed by atoms with Crippen molar-refractivity contribution in [1.29, 1.82) is 0 Å². The van der Waals surface area contributed by atoms with E-state index in [1.165, 1.54) is 36.0 Å². The summed E-state index contributed by atoms with van der Waals surface area (Å²) in [5, 5.41) is 10.7. The van der Waals surface area contributed by atoms with Gasteiger partial charge in [-0.1, -0.05) is 32.0 Å². The Morgan fingerprint density at radius 1 is 1.11 bits per heavy atom. The fourth-order valence-electron chi connectivity index (χ4n) is 3.90. The van der Waals surface area contributed by atoms with Gasteiger partial charge in [-0.2, -0.15) is 0 Å². The maximum absolute atomic E-state index is 10.7. The van der Waals surface area contributed by atoms with Crippen LogP contribution in [0.15, 0.2) is 18.2 Å². The number of rotatable bonds is 2. The van der Waals surface area contributed by atoms with Crippen molar-refractivity contribution in [1.82, 2.24) is 0 Å². The van der Waals surface area contributed by atoms with Crippen LogP contribution in [0, 0.1) is 5.41 Å². The van der Waals surface area contributed by atoms with E-state index in [0.29, 0.717) is 5.41 Å². The van der Waals surface area contributed by atoms with Crippen LogP contribution in [0.1, 0.15) is 56.2 Å². The van der Waals surface area contributed by atoms with Crippen LogP contribution < -0.4 is 0 Å². The molecule has 0 aliphatic heterocycles. The van der Waals surface area contributed by atoms with Crippen LogP contribution in [0.2, 0.25) is 0 Å². The Hall–Kier alpha value is -0.820. The van der Waals surface area contributed by atoms with Crippen LogP contribution in [-0.4, -0.2) is 10.7 Å². The molecule has 1 aromatic rings. The van der Waals surface area contributed by atoms with E-state index in [-0.39, 0.29) is 0 Å². The molecule has 3 rings (SSSR count). The third kappa shape index (κ3) is 2.33. The van der Waals surface area contributed by atoms with Gasteiger partial charge in [0.15, 0.2) is 0 Å². The van der Waals surface area contributed by atoms with E-state index in [2.05, 4.69) is 32.0 Å². The van der Waals surface area contributed by atoms with E-state index in [9.17, 15) is 5.11 Å². The Morgan fingerprint density at radius 3 is 2.61 bits per heavy atom. The number of hydrogen-bond acceptors (Lipinski definition) is 1. The number of benzene rings is 1. The molecule has 0 heterocycles. The van der Waals surface area contributed by atoms with Gasteiger partial charge in [-0.3, -0.25) is 0 Å². The lowest BCUT2D eigenvalue weighted by Crippen LogP contribution is -2.29. The molecule has 1 aromatic carbocycles. The van der Waals surface area contributed by atoms with E-state index >= 15 is 0 Å². The van der Waals surface area contributed by atoms with Crippen molar-refractivity contribution >= 4 is 0 Å². The molecule has 1 nitrogen and oxygen atoms in total. The molecule has 0 bridgehead atoms. The molecule has 0 spiro atoms. The fourth-order valence-corrected chi connectivity index (χ4v) is 3.90. The molecule has 1 unspecified atom stereocenters. The summed E-state index contributed by atoms with van der Waals surface area (Å²) < 4.78 is 0. The zero-order valence-electron chi connectivity index (χ0n) is 11.6. The molecule has 0 saturated heterocycles. The topological polar surface area (TPSA) is 20.2 Å². The van der Waals surface area contributed by atoms with Gasteiger partial charge < -0.3 is 5.11 Å². The third-order valence-electron chi connectivity index (χ3n) is 4.77. The third-order valence-corrected chi connectivity index (χ3v) is 4.77. The first kappa shape index (κ1) is 12.2. The van der Waals surface area contributed by atoms with Crippen molar-refractivity contribution < 1.29 is 5.11 Å². The van der Waals surface area contributed by atoms with Gasteiger partial charge in [0.25, 0.3) is 0 Å². The largest absolute Gasteiger partial charge is 0.390 e. The van der Waals surface area contributed by atoms with Gasteiger partial charge >= 0.3 is 0 Å². The predicted octanol–water partition coefficient (Wildman–Crippen LogP) is 3.66. The summed E-state index contributed by atoms with van der Waals surface area (Å²) in [7, 11) is 0. The van der Waals surface area contributed by atoms with Gasteiger partial charge in [0.05, 0.1) is 5.60 Å². The highest BCUT2D eigenvalue weighted by molar-refractivity contribution is 5.36. The Kier molecular flexibility index (Phi) is 2.78. The molecule has 0 aromatic heterocycles. The first-order valence-electron chi connectivity index (χ1n) is 7.29. The average Bonchev–Trinajstić information content (AvgIpc) is 2.82. The van der Waals surface area contributed by atoms with Crippen LogP contribution in [-0.2, 0) is 19.3 Å². The minimum atomic E-state index is -0.462. The molecule has 1 fully saturated rings. The zero-order valence-corrected chi connectivity index (χ0v) is 11.6. The molecular weight excluding hydrogens is 220 g/mol. The average molecular weight is 244 g/mol. The Labute approximate surface area is 110 Å². The summed E-state index contributed by atoms with van der Waals surface area (Å²) in [6, 6.07) is 6.85. The summed E-state index contributed by atoms with van der Waals surface area (Å²) in [5.74, 6) is 0. The van der Waals surface area contributed by atoms with E-state index in [4.69, 9.17) is 0 Å². The monoisotopic (exact) mass is 244 g/mol. The Bertz CT molecular complexity index is 461. The second-order valence-electron chi connectivity index (χ2n) is 7.20. The lowest BCUT2D eigenvalue weighted by molar-refractivity contribution is 0.0379. The maximum Gasteiger partial charge on any atom is 0.0693 e. The highest BCUT2D eigenvalue weighted by atomic mass is 16.3. The zero-order chi connectivity index (χ0) is 12.8. The van der Waals surface area contributed by atoms with Gasteiger partial charge in [0.2, 0.25) is 0 Å². The summed E-state index contributed by atoms with van der Waals surface area (Å²) in [4.78, 5) is 0. The number of aryl methyl sites for hydroxylation is 2. The van der Waals surface area contributed by atoms with Crippen molar-refractivity contribution in [3.05, 3.63) is 34.9 Å². The molecule has 1 atom stereocenters. The molecule has 0 amide bonds. The van der Waals surface area contributed by atoms with Crippen molar-refractivity contribution in [2.24, 2.45) is 5.41 Å². The molecule has 0 radical (unpaired) electrons. The van der Waals surface area contributed by atoms with E-state index in [0.717, 1.165) is 25.7 Å². The van der Waals surface area contributed by atoms with Gasteiger partial charge in [-0.15, -0.1) is 0 Å². The first-order valence-corrected chi connectivity index (χ1v) is 7.29. The summed E-state index contributed by atoms with van der Waals surface area (Å²) >= 11 is 0. The van der Waals surface area contributed by atoms with Crippen LogP contribution in [0.5, 0.6) is 0 Å². The number of fused-ring (bicyclic) bond motifs is 1. The minimum Gasteiger partial charge on any atom is -0.390 e. The van der Waals surface area contributed by atoms with Crippen LogP contribution in [0.4, 0.5) is 0 Å². The van der Waals surface area contributed by atoms with Crippen molar-refractivity contribution in [3.8, 4) is 0 Å². The highest BCUT2D eigenvalue weighted by Gasteiger charge is 2.41. The van der Waals surface area contributed by atoms with Crippen LogP contribution in [0.25, 0.3) is 0 Å². The van der Waals surface area contributed by atoms with E-state index < -0.39 is 5.60 Å². The molecule has 18 heavy (non-hydrogen) atoms. The Morgan fingerprint density at radius 2 is 1.89 bits per heavy atom. The smallest absolute Gasteiger partial charge is 0.0693 e. The predicted molar refractivity (Wildman–Crippen MR) is 74.8 cm³/mol. The second-order valence-corrected chi connectivity index (χ2v) is 7.20. The van der Waals surface area contributed by atoms with Crippen molar-refractivity contribution in [3.63, 3.8) is 0 Å². The van der Waals surface area contributed by atoms with Crippen molar-refractivity contribution in [2.45, 2.75) is 64.4 Å². The first-order chi connectivity index (χ1) is 8.46. The second kappa shape index (κ2) is 4.09. The number of hydrogen-bond donors (Lipinski definition) is 1. The van der Waals surface area contributed by atoms with E-state index in [1.807, 2.05) is 0 Å². The summed E-state index contributed by atoms with van der Waals surface area (Å²) in [5.41, 5.74) is 4.23.